The zero-order valence-corrected chi connectivity index (χ0v) is 17.0. The molecule has 1 N–H and O–H groups in total. The van der Waals surface area contributed by atoms with Gasteiger partial charge in [0.05, 0.1) is 18.6 Å². The molecule has 2 aromatic rings. The number of hydrogen-bond acceptors (Lipinski definition) is 5. The third-order valence-electron chi connectivity index (χ3n) is 3.71. The van der Waals surface area contributed by atoms with Gasteiger partial charge < -0.3 is 14.8 Å². The average molecular weight is 408 g/mol. The summed E-state index contributed by atoms with van der Waals surface area (Å²) in [7, 11) is 1.49. The number of nitrogens with one attached hydrogen (secondary N) is 1. The van der Waals surface area contributed by atoms with Crippen molar-refractivity contribution in [3.05, 3.63) is 58.6 Å². The summed E-state index contributed by atoms with van der Waals surface area (Å²) in [6.07, 6.45) is -0.929. The Morgan fingerprint density at radius 1 is 1.19 bits per heavy atom. The van der Waals surface area contributed by atoms with Crippen molar-refractivity contribution in [3.63, 3.8) is 0 Å². The van der Waals surface area contributed by atoms with Crippen LogP contribution in [0.15, 0.2) is 42.5 Å². The van der Waals surface area contributed by atoms with E-state index in [0.29, 0.717) is 22.2 Å². The molecule has 0 fully saturated rings. The second-order valence-corrected chi connectivity index (χ2v) is 7.37. The van der Waals surface area contributed by atoms with E-state index in [0.717, 1.165) is 5.56 Å². The molecule has 144 valence electrons. The monoisotopic (exact) mass is 407 g/mol. The molecule has 0 saturated heterocycles. The van der Waals surface area contributed by atoms with Gasteiger partial charge in [-0.3, -0.25) is 9.59 Å². The van der Waals surface area contributed by atoms with Crippen molar-refractivity contribution in [2.45, 2.75) is 25.7 Å². The van der Waals surface area contributed by atoms with Gasteiger partial charge in [-0.2, -0.15) is 0 Å². The van der Waals surface area contributed by atoms with Crippen LogP contribution in [0.25, 0.3) is 0 Å². The van der Waals surface area contributed by atoms with Gasteiger partial charge in [0, 0.05) is 10.8 Å². The Bertz CT molecular complexity index is 795. The Balaban J connectivity index is 1.80. The number of benzene rings is 2. The quantitative estimate of drug-likeness (QED) is 0.654. The number of carbonyl (C=O) groups is 2. The first-order valence-corrected chi connectivity index (χ1v) is 9.89. The van der Waals surface area contributed by atoms with Crippen LogP contribution < -0.4 is 10.1 Å². The standard InChI is InChI=1S/C20H22ClNO4S/c1-13-4-6-15(7-5-13)11-27-12-19(23)26-14(2)20(24)22-17-10-16(21)8-9-18(17)25-3/h4-10,14H,11-12H2,1-3H3,(H,22,24)/t14-/m0/s1. The highest BCUT2D eigenvalue weighted by Crippen LogP contribution is 2.27. The van der Waals surface area contributed by atoms with E-state index < -0.39 is 18.0 Å². The van der Waals surface area contributed by atoms with E-state index in [1.165, 1.54) is 31.4 Å². The molecule has 5 nitrogen and oxygen atoms in total. The fourth-order valence-electron chi connectivity index (χ4n) is 2.23. The van der Waals surface area contributed by atoms with E-state index >= 15 is 0 Å². The Morgan fingerprint density at radius 3 is 2.56 bits per heavy atom. The van der Waals surface area contributed by atoms with Crippen LogP contribution in [0, 0.1) is 6.92 Å². The number of hydrogen-bond donors (Lipinski definition) is 1. The van der Waals surface area contributed by atoms with Crippen LogP contribution in [0.4, 0.5) is 5.69 Å². The van der Waals surface area contributed by atoms with Crippen LogP contribution in [0.1, 0.15) is 18.1 Å². The Hall–Kier alpha value is -2.18. The molecular weight excluding hydrogens is 386 g/mol. The largest absolute Gasteiger partial charge is 0.495 e. The molecule has 0 aliphatic heterocycles. The van der Waals surface area contributed by atoms with Gasteiger partial charge in [0.15, 0.2) is 6.10 Å². The van der Waals surface area contributed by atoms with E-state index in [1.807, 2.05) is 31.2 Å². The number of methoxy groups -OCH3 is 1. The first-order chi connectivity index (χ1) is 12.9. The van der Waals surface area contributed by atoms with Crippen LogP contribution >= 0.6 is 23.4 Å². The molecule has 0 saturated carbocycles. The van der Waals surface area contributed by atoms with Crippen LogP contribution in [0.5, 0.6) is 5.75 Å². The smallest absolute Gasteiger partial charge is 0.316 e. The Labute approximate surface area is 168 Å². The second kappa shape index (κ2) is 10.2. The van der Waals surface area contributed by atoms with E-state index in [2.05, 4.69) is 5.32 Å². The molecule has 7 heteroatoms. The highest BCUT2D eigenvalue weighted by molar-refractivity contribution is 7.99. The molecule has 27 heavy (non-hydrogen) atoms. The summed E-state index contributed by atoms with van der Waals surface area (Å²) in [5.41, 5.74) is 2.75. The highest BCUT2D eigenvalue weighted by Gasteiger charge is 2.19. The van der Waals surface area contributed by atoms with E-state index in [9.17, 15) is 9.59 Å². The van der Waals surface area contributed by atoms with Gasteiger partial charge in [-0.1, -0.05) is 41.4 Å². The molecule has 1 amide bonds. The fraction of sp³-hybridized carbons (Fsp3) is 0.300. The van der Waals surface area contributed by atoms with E-state index in [-0.39, 0.29) is 5.75 Å². The van der Waals surface area contributed by atoms with E-state index in [1.54, 1.807) is 18.2 Å². The minimum atomic E-state index is -0.929. The van der Waals surface area contributed by atoms with Crippen molar-refractivity contribution in [1.29, 1.82) is 0 Å². The maximum absolute atomic E-state index is 12.3. The molecule has 0 bridgehead atoms. The summed E-state index contributed by atoms with van der Waals surface area (Å²) < 4.78 is 10.4. The minimum absolute atomic E-state index is 0.173. The number of carbonyl (C=O) groups excluding carboxylic acids is 2. The highest BCUT2D eigenvalue weighted by atomic mass is 35.5. The third kappa shape index (κ3) is 6.81. The van der Waals surface area contributed by atoms with Crippen LogP contribution in [0.3, 0.4) is 0 Å². The number of aryl methyl sites for hydroxylation is 1. The van der Waals surface area contributed by atoms with Crippen LogP contribution in [0.2, 0.25) is 5.02 Å². The number of rotatable bonds is 8. The Morgan fingerprint density at radius 2 is 1.89 bits per heavy atom. The lowest BCUT2D eigenvalue weighted by Gasteiger charge is -2.15. The van der Waals surface area contributed by atoms with Gasteiger partial charge in [-0.25, -0.2) is 0 Å². The predicted octanol–water partition coefficient (Wildman–Crippen LogP) is 4.46. The van der Waals surface area contributed by atoms with Crippen molar-refractivity contribution in [2.24, 2.45) is 0 Å². The number of anilines is 1. The number of halogens is 1. The second-order valence-electron chi connectivity index (χ2n) is 5.94. The average Bonchev–Trinajstić information content (AvgIpc) is 2.63. The van der Waals surface area contributed by atoms with Crippen molar-refractivity contribution in [1.82, 2.24) is 0 Å². The van der Waals surface area contributed by atoms with Crippen molar-refractivity contribution < 1.29 is 19.1 Å². The number of esters is 1. The van der Waals surface area contributed by atoms with Gasteiger partial charge in [-0.05, 0) is 37.6 Å². The summed E-state index contributed by atoms with van der Waals surface area (Å²) >= 11 is 7.38. The van der Waals surface area contributed by atoms with E-state index in [4.69, 9.17) is 21.1 Å². The molecule has 2 rings (SSSR count). The van der Waals surface area contributed by atoms with Gasteiger partial charge in [0.2, 0.25) is 0 Å². The molecule has 0 heterocycles. The van der Waals surface area contributed by atoms with Crippen LogP contribution in [-0.2, 0) is 20.1 Å². The molecule has 0 aliphatic rings. The maximum Gasteiger partial charge on any atom is 0.316 e. The zero-order chi connectivity index (χ0) is 19.8. The molecule has 0 aromatic heterocycles. The minimum Gasteiger partial charge on any atom is -0.495 e. The molecule has 0 radical (unpaired) electrons. The number of ether oxygens (including phenoxy) is 2. The van der Waals surface area contributed by atoms with Crippen molar-refractivity contribution >= 4 is 40.9 Å². The molecule has 0 unspecified atom stereocenters. The number of thioether (sulfide) groups is 1. The summed E-state index contributed by atoms with van der Waals surface area (Å²) in [6, 6.07) is 13.0. The van der Waals surface area contributed by atoms with Crippen LogP contribution in [-0.4, -0.2) is 30.8 Å². The normalized spacial score (nSPS) is 11.6. The van der Waals surface area contributed by atoms with Gasteiger partial charge in [0.25, 0.3) is 5.91 Å². The lowest BCUT2D eigenvalue weighted by Crippen LogP contribution is -2.30. The molecule has 0 aliphatic carbocycles. The SMILES string of the molecule is COc1ccc(Cl)cc1NC(=O)[C@H](C)OC(=O)CSCc1ccc(C)cc1. The number of amides is 1. The summed E-state index contributed by atoms with van der Waals surface area (Å²) in [6.45, 7) is 3.55. The lowest BCUT2D eigenvalue weighted by molar-refractivity contribution is -0.150. The van der Waals surface area contributed by atoms with Gasteiger partial charge in [0.1, 0.15) is 5.75 Å². The zero-order valence-electron chi connectivity index (χ0n) is 15.5. The maximum atomic E-state index is 12.3. The fourth-order valence-corrected chi connectivity index (χ4v) is 3.17. The van der Waals surface area contributed by atoms with Crippen molar-refractivity contribution in [2.75, 3.05) is 18.2 Å². The lowest BCUT2D eigenvalue weighted by atomic mass is 10.2. The molecule has 2 aromatic carbocycles. The molecular formula is C20H22ClNO4S. The summed E-state index contributed by atoms with van der Waals surface area (Å²) in [5, 5.41) is 3.12. The topological polar surface area (TPSA) is 64.6 Å². The first-order valence-electron chi connectivity index (χ1n) is 8.36. The first kappa shape index (κ1) is 21.1. The van der Waals surface area contributed by atoms with Crippen molar-refractivity contribution in [3.8, 4) is 5.75 Å². The van der Waals surface area contributed by atoms with Gasteiger partial charge >= 0.3 is 5.97 Å². The summed E-state index contributed by atoms with van der Waals surface area (Å²) in [4.78, 5) is 24.2. The molecule has 1 atom stereocenters. The molecule has 0 spiro atoms. The Kier molecular flexibility index (Phi) is 8.00. The van der Waals surface area contributed by atoms with Gasteiger partial charge in [-0.15, -0.1) is 11.8 Å². The predicted molar refractivity (Wildman–Crippen MR) is 110 cm³/mol. The summed E-state index contributed by atoms with van der Waals surface area (Å²) in [5.74, 6) is 0.460. The third-order valence-corrected chi connectivity index (χ3v) is 4.92.